The monoisotopic (exact) mass is 294 g/mol. The number of aliphatic hydroxyl groups is 1. The first-order valence-corrected chi connectivity index (χ1v) is 8.23. The van der Waals surface area contributed by atoms with Gasteiger partial charge in [-0.1, -0.05) is 6.42 Å². The Bertz CT molecular complexity index is 359. The summed E-state index contributed by atoms with van der Waals surface area (Å²) >= 11 is 0. The van der Waals surface area contributed by atoms with Crippen molar-refractivity contribution in [3.05, 3.63) is 0 Å². The minimum absolute atomic E-state index is 0.116. The second kappa shape index (κ2) is 7.54. The number of hydrogen-bond acceptors (Lipinski definition) is 4. The molecule has 1 atom stereocenters. The molecule has 0 radical (unpaired) electrons. The molecule has 0 amide bonds. The van der Waals surface area contributed by atoms with E-state index in [1.54, 1.807) is 7.11 Å². The predicted octanol–water partition coefficient (Wildman–Crippen LogP) is 0.435. The summed E-state index contributed by atoms with van der Waals surface area (Å²) in [7, 11) is -1.97. The van der Waals surface area contributed by atoms with Crippen molar-refractivity contribution < 1.29 is 18.3 Å². The molecule has 1 heterocycles. The number of ether oxygens (including phenoxy) is 1. The molecule has 0 bridgehead atoms. The lowest BCUT2D eigenvalue weighted by atomic mass is 10.1. The van der Waals surface area contributed by atoms with Crippen molar-refractivity contribution in [3.63, 3.8) is 0 Å². The van der Waals surface area contributed by atoms with Gasteiger partial charge >= 0.3 is 0 Å². The van der Waals surface area contributed by atoms with E-state index in [1.807, 2.05) is 13.8 Å². The highest BCUT2D eigenvalue weighted by molar-refractivity contribution is 7.86. The standard InChI is InChI=1S/C12H26N2O4S/c1-11(2)13(8-9-18-3)19(16,17)14-7-5-4-6-12(14)10-15/h11-12,15H,4-10H2,1-3H3. The van der Waals surface area contributed by atoms with Crippen LogP contribution < -0.4 is 0 Å². The van der Waals surface area contributed by atoms with E-state index in [4.69, 9.17) is 4.74 Å². The van der Waals surface area contributed by atoms with Crippen LogP contribution in [0.1, 0.15) is 33.1 Å². The fraction of sp³-hybridized carbons (Fsp3) is 1.00. The average Bonchev–Trinajstić information content (AvgIpc) is 2.38. The van der Waals surface area contributed by atoms with Gasteiger partial charge in [-0.2, -0.15) is 17.0 Å². The zero-order chi connectivity index (χ0) is 14.5. The molecular weight excluding hydrogens is 268 g/mol. The third-order valence-electron chi connectivity index (χ3n) is 3.47. The number of rotatable bonds is 7. The second-order valence-electron chi connectivity index (χ2n) is 5.15. The molecule has 0 aromatic carbocycles. The fourth-order valence-corrected chi connectivity index (χ4v) is 4.43. The van der Waals surface area contributed by atoms with Crippen molar-refractivity contribution >= 4 is 10.2 Å². The van der Waals surface area contributed by atoms with Crippen molar-refractivity contribution in [2.45, 2.75) is 45.2 Å². The maximum Gasteiger partial charge on any atom is 0.282 e. The highest BCUT2D eigenvalue weighted by Crippen LogP contribution is 2.23. The molecule has 7 heteroatoms. The van der Waals surface area contributed by atoms with Crippen molar-refractivity contribution in [1.29, 1.82) is 0 Å². The first kappa shape index (κ1) is 16.8. The molecule has 1 rings (SSSR count). The summed E-state index contributed by atoms with van der Waals surface area (Å²) < 4.78 is 33.3. The minimum atomic E-state index is -3.53. The van der Waals surface area contributed by atoms with Gasteiger partial charge in [-0.3, -0.25) is 0 Å². The van der Waals surface area contributed by atoms with Crippen LogP contribution in [0.2, 0.25) is 0 Å². The van der Waals surface area contributed by atoms with Crippen LogP contribution in [0.5, 0.6) is 0 Å². The Hall–Kier alpha value is -0.210. The van der Waals surface area contributed by atoms with Crippen molar-refractivity contribution in [3.8, 4) is 0 Å². The number of hydrogen-bond donors (Lipinski definition) is 1. The highest BCUT2D eigenvalue weighted by Gasteiger charge is 2.37. The van der Waals surface area contributed by atoms with Gasteiger partial charge in [0.05, 0.1) is 13.2 Å². The van der Waals surface area contributed by atoms with Crippen LogP contribution in [-0.4, -0.2) is 67.6 Å². The number of piperidine rings is 1. The third kappa shape index (κ3) is 4.13. The molecule has 0 saturated carbocycles. The summed E-state index contributed by atoms with van der Waals surface area (Å²) in [5.74, 6) is 0. The summed E-state index contributed by atoms with van der Waals surface area (Å²) in [4.78, 5) is 0. The molecule has 1 unspecified atom stereocenters. The number of aliphatic hydroxyl groups excluding tert-OH is 1. The van der Waals surface area contributed by atoms with Gasteiger partial charge in [-0.25, -0.2) is 0 Å². The Morgan fingerprint density at radius 3 is 2.63 bits per heavy atom. The van der Waals surface area contributed by atoms with Gasteiger partial charge in [0.25, 0.3) is 10.2 Å². The summed E-state index contributed by atoms with van der Waals surface area (Å²) in [5, 5.41) is 9.37. The van der Waals surface area contributed by atoms with E-state index < -0.39 is 10.2 Å². The minimum Gasteiger partial charge on any atom is -0.395 e. The van der Waals surface area contributed by atoms with Gasteiger partial charge in [0.15, 0.2) is 0 Å². The first-order valence-electron chi connectivity index (χ1n) is 6.83. The molecule has 114 valence electrons. The van der Waals surface area contributed by atoms with E-state index in [2.05, 4.69) is 0 Å². The van der Waals surface area contributed by atoms with Gasteiger partial charge in [-0.05, 0) is 26.7 Å². The summed E-state index contributed by atoms with van der Waals surface area (Å²) in [5.41, 5.74) is 0. The predicted molar refractivity (Wildman–Crippen MR) is 74.1 cm³/mol. The van der Waals surface area contributed by atoms with Gasteiger partial charge in [-0.15, -0.1) is 0 Å². The van der Waals surface area contributed by atoms with E-state index in [0.717, 1.165) is 19.3 Å². The molecule has 0 aliphatic carbocycles. The molecular formula is C12H26N2O4S. The lowest BCUT2D eigenvalue weighted by Gasteiger charge is -2.38. The van der Waals surface area contributed by atoms with Crippen molar-refractivity contribution in [1.82, 2.24) is 8.61 Å². The normalized spacial score (nSPS) is 22.3. The zero-order valence-corrected chi connectivity index (χ0v) is 12.9. The summed E-state index contributed by atoms with van der Waals surface area (Å²) in [6.07, 6.45) is 2.55. The Morgan fingerprint density at radius 1 is 1.42 bits per heavy atom. The van der Waals surface area contributed by atoms with Crippen LogP contribution in [0, 0.1) is 0 Å². The molecule has 0 aromatic heterocycles. The highest BCUT2D eigenvalue weighted by atomic mass is 32.2. The smallest absolute Gasteiger partial charge is 0.282 e. The molecule has 1 aliphatic heterocycles. The van der Waals surface area contributed by atoms with Gasteiger partial charge in [0.2, 0.25) is 0 Å². The first-order chi connectivity index (χ1) is 8.95. The summed E-state index contributed by atoms with van der Waals surface area (Å²) in [6, 6.07) is -0.413. The average molecular weight is 294 g/mol. The third-order valence-corrected chi connectivity index (χ3v) is 5.74. The Kier molecular flexibility index (Phi) is 6.68. The summed E-state index contributed by atoms with van der Waals surface area (Å²) in [6.45, 7) is 4.79. The lowest BCUT2D eigenvalue weighted by molar-refractivity contribution is 0.135. The maximum atomic E-state index is 12.7. The van der Waals surface area contributed by atoms with Crippen LogP contribution in [0.15, 0.2) is 0 Å². The quantitative estimate of drug-likeness (QED) is 0.739. The Morgan fingerprint density at radius 2 is 2.11 bits per heavy atom. The van der Waals surface area contributed by atoms with Crippen LogP contribution >= 0.6 is 0 Å². The van der Waals surface area contributed by atoms with E-state index in [0.29, 0.717) is 19.7 Å². The molecule has 1 saturated heterocycles. The molecule has 6 nitrogen and oxygen atoms in total. The molecule has 1 aliphatic rings. The van der Waals surface area contributed by atoms with Gasteiger partial charge < -0.3 is 9.84 Å². The van der Waals surface area contributed by atoms with Crippen LogP contribution in [-0.2, 0) is 14.9 Å². The molecule has 0 aromatic rings. The second-order valence-corrected chi connectivity index (χ2v) is 6.98. The van der Waals surface area contributed by atoms with Crippen LogP contribution in [0.25, 0.3) is 0 Å². The zero-order valence-electron chi connectivity index (χ0n) is 12.1. The Balaban J connectivity index is 2.90. The molecule has 19 heavy (non-hydrogen) atoms. The SMILES string of the molecule is COCCN(C(C)C)S(=O)(=O)N1CCCCC1CO. The fourth-order valence-electron chi connectivity index (χ4n) is 2.42. The van der Waals surface area contributed by atoms with Gasteiger partial charge in [0.1, 0.15) is 0 Å². The maximum absolute atomic E-state index is 12.7. The molecule has 0 spiro atoms. The lowest BCUT2D eigenvalue weighted by Crippen LogP contribution is -2.54. The largest absolute Gasteiger partial charge is 0.395 e. The van der Waals surface area contributed by atoms with E-state index in [-0.39, 0.29) is 18.7 Å². The van der Waals surface area contributed by atoms with E-state index >= 15 is 0 Å². The topological polar surface area (TPSA) is 70.1 Å². The van der Waals surface area contributed by atoms with Crippen LogP contribution in [0.3, 0.4) is 0 Å². The van der Waals surface area contributed by atoms with Crippen molar-refractivity contribution in [2.75, 3.05) is 33.4 Å². The number of methoxy groups -OCH3 is 1. The van der Waals surface area contributed by atoms with E-state index in [1.165, 1.54) is 8.61 Å². The molecule has 1 fully saturated rings. The van der Waals surface area contributed by atoms with Crippen molar-refractivity contribution in [2.24, 2.45) is 0 Å². The van der Waals surface area contributed by atoms with E-state index in [9.17, 15) is 13.5 Å². The Labute approximate surface area is 116 Å². The number of nitrogens with zero attached hydrogens (tertiary/aromatic N) is 2. The van der Waals surface area contributed by atoms with Gasteiger partial charge in [0, 0.05) is 32.3 Å². The molecule has 1 N–H and O–H groups in total. The van der Waals surface area contributed by atoms with Crippen LogP contribution in [0.4, 0.5) is 0 Å².